The Labute approximate surface area is 142 Å². The van der Waals surface area contributed by atoms with E-state index in [0.717, 1.165) is 0 Å². The maximum Gasteiger partial charge on any atom is 0.553 e. The molecule has 25 heavy (non-hydrogen) atoms. The van der Waals surface area contributed by atoms with Crippen LogP contribution < -0.4 is 10.7 Å². The SMILES string of the molecule is C1=CC2=[N+]3C1=Cc1ccc4n1C31n3c(ccc3=C4)=CC3=[N+]1C(=C2)C=C3. The van der Waals surface area contributed by atoms with E-state index >= 15 is 0 Å². The zero-order valence-electron chi connectivity index (χ0n) is 13.2. The first-order valence-corrected chi connectivity index (χ1v) is 8.64. The molecule has 2 aromatic heterocycles. The fraction of sp³-hybridized carbons (Fsp3) is 0.0476. The van der Waals surface area contributed by atoms with E-state index in [2.05, 4.69) is 91.2 Å². The van der Waals surface area contributed by atoms with Gasteiger partial charge in [-0.1, -0.05) is 9.15 Å². The van der Waals surface area contributed by atoms with E-state index in [1.165, 1.54) is 44.9 Å². The first kappa shape index (κ1) is 11.2. The number of aromatic nitrogens is 2. The summed E-state index contributed by atoms with van der Waals surface area (Å²) in [6.07, 6.45) is 18.1. The van der Waals surface area contributed by atoms with Gasteiger partial charge in [-0.2, -0.15) is 9.13 Å². The average molecular weight is 320 g/mol. The lowest BCUT2D eigenvalue weighted by Crippen LogP contribution is -2.69. The molecule has 0 N–H and O–H groups in total. The second-order valence-electron chi connectivity index (χ2n) is 7.25. The van der Waals surface area contributed by atoms with Crippen molar-refractivity contribution in [1.82, 2.24) is 9.13 Å². The van der Waals surface area contributed by atoms with E-state index in [-0.39, 0.29) is 0 Å². The molecule has 0 saturated carbocycles. The Kier molecular flexibility index (Phi) is 1.39. The van der Waals surface area contributed by atoms with E-state index in [4.69, 9.17) is 0 Å². The number of nitrogens with zero attached hydrogens (tertiary/aromatic N) is 4. The average Bonchev–Trinajstić information content (AvgIpc) is 3.38. The number of rotatable bonds is 0. The highest BCUT2D eigenvalue weighted by Crippen LogP contribution is 2.43. The summed E-state index contributed by atoms with van der Waals surface area (Å²) in [5, 5.41) is 2.51. The Bertz CT molecular complexity index is 1420. The summed E-state index contributed by atoms with van der Waals surface area (Å²) in [6, 6.07) is 8.95. The van der Waals surface area contributed by atoms with E-state index < -0.39 is 5.91 Å². The van der Waals surface area contributed by atoms with Gasteiger partial charge < -0.3 is 0 Å². The number of hydrogen-bond acceptors (Lipinski definition) is 0. The third-order valence-electron chi connectivity index (χ3n) is 6.15. The lowest BCUT2D eigenvalue weighted by Gasteiger charge is -2.37. The molecule has 114 valence electrons. The molecule has 1 spiro atoms. The van der Waals surface area contributed by atoms with Gasteiger partial charge in [-0.25, -0.2) is 0 Å². The third-order valence-corrected chi connectivity index (χ3v) is 6.15. The zero-order valence-corrected chi connectivity index (χ0v) is 13.2. The van der Waals surface area contributed by atoms with Crippen molar-refractivity contribution < 1.29 is 9.15 Å². The molecule has 0 radical (unpaired) electrons. The summed E-state index contributed by atoms with van der Waals surface area (Å²) in [5.74, 6) is -0.433. The molecule has 6 aliphatic rings. The summed E-state index contributed by atoms with van der Waals surface area (Å²) in [7, 11) is 0. The predicted octanol–water partition coefficient (Wildman–Crippen LogP) is 0.641. The highest BCUT2D eigenvalue weighted by atomic mass is 15.6. The van der Waals surface area contributed by atoms with Crippen molar-refractivity contribution in [2.75, 3.05) is 0 Å². The molecule has 1 unspecified atom stereocenters. The minimum atomic E-state index is -0.433. The van der Waals surface area contributed by atoms with Crippen molar-refractivity contribution in [3.05, 3.63) is 88.1 Å². The molecule has 8 rings (SSSR count). The second kappa shape index (κ2) is 3.09. The van der Waals surface area contributed by atoms with E-state index in [1.54, 1.807) is 0 Å². The van der Waals surface area contributed by atoms with Gasteiger partial charge in [-0.3, -0.25) is 0 Å². The van der Waals surface area contributed by atoms with Crippen LogP contribution in [0.15, 0.2) is 66.0 Å². The van der Waals surface area contributed by atoms with Crippen LogP contribution in [-0.2, 0) is 5.91 Å². The summed E-state index contributed by atoms with van der Waals surface area (Å²) in [5.41, 5.74) is 7.52. The molecule has 0 bridgehead atoms. The van der Waals surface area contributed by atoms with E-state index in [9.17, 15) is 0 Å². The van der Waals surface area contributed by atoms with Crippen LogP contribution in [0.4, 0.5) is 0 Å². The van der Waals surface area contributed by atoms with Gasteiger partial charge in [0.15, 0.2) is 0 Å². The van der Waals surface area contributed by atoms with Crippen molar-refractivity contribution in [3.63, 3.8) is 0 Å². The molecule has 0 aromatic carbocycles. The Morgan fingerprint density at radius 3 is 2.04 bits per heavy atom. The monoisotopic (exact) mass is 320 g/mol. The van der Waals surface area contributed by atoms with Gasteiger partial charge in [0, 0.05) is 36.5 Å². The molecule has 0 saturated heterocycles. The lowest BCUT2D eigenvalue weighted by atomic mass is 10.1. The lowest BCUT2D eigenvalue weighted by molar-refractivity contribution is -0.836. The normalized spacial score (nSPS) is 27.0. The molecule has 2 aromatic rings. The maximum atomic E-state index is 2.48. The quantitative estimate of drug-likeness (QED) is 0.634. The Balaban J connectivity index is 1.77. The highest BCUT2D eigenvalue weighted by Gasteiger charge is 2.69. The van der Waals surface area contributed by atoms with E-state index in [1.807, 2.05) is 0 Å². The van der Waals surface area contributed by atoms with Gasteiger partial charge in [0.2, 0.25) is 22.8 Å². The van der Waals surface area contributed by atoms with E-state index in [0.29, 0.717) is 0 Å². The molecule has 0 aliphatic carbocycles. The largest absolute Gasteiger partial charge is 0.553 e. The van der Waals surface area contributed by atoms with Gasteiger partial charge in [0.25, 0.3) is 0 Å². The molecule has 0 fully saturated rings. The molecule has 0 amide bonds. The number of allylic oxidation sites excluding steroid dienone is 5. The molecule has 8 heterocycles. The first-order valence-electron chi connectivity index (χ1n) is 8.64. The number of hydrogen-bond donors (Lipinski definition) is 0. The van der Waals surface area contributed by atoms with Gasteiger partial charge in [-0.05, 0) is 30.3 Å². The Hall–Kier alpha value is -3.40. The smallest absolute Gasteiger partial charge is 0.199 e. The summed E-state index contributed by atoms with van der Waals surface area (Å²) in [6.45, 7) is 0. The Morgan fingerprint density at radius 1 is 0.600 bits per heavy atom. The summed E-state index contributed by atoms with van der Waals surface area (Å²) in [4.78, 5) is 0. The van der Waals surface area contributed by atoms with Crippen molar-refractivity contribution in [2.45, 2.75) is 5.91 Å². The molecule has 4 heteroatoms. The second-order valence-corrected chi connectivity index (χ2v) is 7.25. The van der Waals surface area contributed by atoms with Crippen LogP contribution in [0.2, 0.25) is 0 Å². The van der Waals surface area contributed by atoms with Crippen LogP contribution in [0, 0.1) is 0 Å². The fourth-order valence-corrected chi connectivity index (χ4v) is 5.37. The van der Waals surface area contributed by atoms with Crippen LogP contribution in [0.5, 0.6) is 0 Å². The van der Waals surface area contributed by atoms with Gasteiger partial charge in [0.05, 0.1) is 28.2 Å². The van der Waals surface area contributed by atoms with Gasteiger partial charge in [-0.15, -0.1) is 0 Å². The molecule has 4 nitrogen and oxygen atoms in total. The topological polar surface area (TPSA) is 15.9 Å². The van der Waals surface area contributed by atoms with Crippen LogP contribution in [0.25, 0.3) is 18.2 Å². The molecular weight excluding hydrogens is 308 g/mol. The first-order chi connectivity index (χ1) is 12.4. The molecular formula is C21H12N4+2. The van der Waals surface area contributed by atoms with Crippen LogP contribution in [0.3, 0.4) is 0 Å². The van der Waals surface area contributed by atoms with Crippen molar-refractivity contribution in [1.29, 1.82) is 0 Å². The third kappa shape index (κ3) is 0.908. The highest BCUT2D eigenvalue weighted by molar-refractivity contribution is 6.16. The maximum absolute atomic E-state index is 2.48. The van der Waals surface area contributed by atoms with Gasteiger partial charge in [0.1, 0.15) is 0 Å². The minimum absolute atomic E-state index is 0.433. The van der Waals surface area contributed by atoms with Crippen LogP contribution in [-0.4, -0.2) is 29.7 Å². The van der Waals surface area contributed by atoms with Gasteiger partial charge >= 0.3 is 5.91 Å². The minimum Gasteiger partial charge on any atom is -0.199 e. The fourth-order valence-electron chi connectivity index (χ4n) is 5.37. The molecule has 6 aliphatic heterocycles. The van der Waals surface area contributed by atoms with Crippen molar-refractivity contribution in [2.24, 2.45) is 0 Å². The van der Waals surface area contributed by atoms with Crippen LogP contribution >= 0.6 is 0 Å². The van der Waals surface area contributed by atoms with Crippen molar-refractivity contribution in [3.8, 4) is 0 Å². The Morgan fingerprint density at radius 2 is 1.24 bits per heavy atom. The predicted molar refractivity (Wildman–Crippen MR) is 94.4 cm³/mol. The van der Waals surface area contributed by atoms with Crippen LogP contribution in [0.1, 0.15) is 11.4 Å². The van der Waals surface area contributed by atoms with Crippen molar-refractivity contribution >= 4 is 29.7 Å². The zero-order chi connectivity index (χ0) is 15.9. The summed E-state index contributed by atoms with van der Waals surface area (Å²) >= 11 is 0. The summed E-state index contributed by atoms with van der Waals surface area (Å²) < 4.78 is 9.92. The standard InChI is InChI=1S/C21H12N4/c1-2-14-10-16-5-6-18-12-20-8-7-19-11-17-4-3-15-9-13(1)22(14)21(23(15)17,24(16)18)25(19)20/h1-12H/q+2. The molecule has 1 atom stereocenters.